The molecule has 0 fully saturated rings. The lowest BCUT2D eigenvalue weighted by molar-refractivity contribution is 0.175. The fraction of sp³-hybridized carbons (Fsp3) is 0.211. The first-order valence-corrected chi connectivity index (χ1v) is 18.6. The molecule has 5 aromatic rings. The molecule has 0 bridgehead atoms. The van der Waals surface area contributed by atoms with Crippen molar-refractivity contribution in [2.75, 3.05) is 13.2 Å². The Labute approximate surface area is 282 Å². The zero-order valence-corrected chi connectivity index (χ0v) is 28.5. The predicted molar refractivity (Wildman–Crippen MR) is 183 cm³/mol. The SMILES string of the molecule is CCCOc1ccccc1S(=O)(=O)c1ccc(OC(C)CCOc2ccccc2S(=O)(=O)c2ccc(OCc3ccccc3)cc2)cc1. The Morgan fingerprint density at radius 3 is 1.56 bits per heavy atom. The number of rotatable bonds is 16. The number of hydrogen-bond donors (Lipinski definition) is 0. The summed E-state index contributed by atoms with van der Waals surface area (Å²) in [4.78, 5) is 0.440. The maximum atomic E-state index is 13.5. The Bertz CT molecular complexity index is 1990. The maximum absolute atomic E-state index is 13.5. The summed E-state index contributed by atoms with van der Waals surface area (Å²) >= 11 is 0. The third kappa shape index (κ3) is 8.56. The van der Waals surface area contributed by atoms with Gasteiger partial charge in [0.25, 0.3) is 0 Å². The number of ether oxygens (including phenoxy) is 4. The molecular weight excluding hydrogens is 649 g/mol. The fourth-order valence-electron chi connectivity index (χ4n) is 4.83. The third-order valence-corrected chi connectivity index (χ3v) is 11.0. The van der Waals surface area contributed by atoms with Crippen molar-refractivity contribution in [1.29, 1.82) is 0 Å². The largest absolute Gasteiger partial charge is 0.492 e. The Kier molecular flexibility index (Phi) is 11.4. The van der Waals surface area contributed by atoms with Crippen LogP contribution in [0.3, 0.4) is 0 Å². The van der Waals surface area contributed by atoms with Gasteiger partial charge in [0.2, 0.25) is 19.7 Å². The second kappa shape index (κ2) is 15.9. The van der Waals surface area contributed by atoms with Crippen LogP contribution in [0.2, 0.25) is 0 Å². The zero-order chi connectivity index (χ0) is 34.0. The van der Waals surface area contributed by atoms with Gasteiger partial charge >= 0.3 is 0 Å². The summed E-state index contributed by atoms with van der Waals surface area (Å²) < 4.78 is 77.1. The Morgan fingerprint density at radius 1 is 0.542 bits per heavy atom. The average molecular weight is 687 g/mol. The maximum Gasteiger partial charge on any atom is 0.210 e. The minimum absolute atomic E-state index is 0.0648. The van der Waals surface area contributed by atoms with E-state index in [9.17, 15) is 16.8 Å². The highest BCUT2D eigenvalue weighted by atomic mass is 32.2. The molecule has 0 saturated heterocycles. The van der Waals surface area contributed by atoms with Gasteiger partial charge < -0.3 is 18.9 Å². The number of hydrogen-bond acceptors (Lipinski definition) is 8. The molecular formula is C38H38O8S2. The van der Waals surface area contributed by atoms with Gasteiger partial charge in [0.15, 0.2) is 0 Å². The van der Waals surface area contributed by atoms with Crippen LogP contribution in [0.1, 0.15) is 32.3 Å². The molecule has 5 aromatic carbocycles. The second-order valence-electron chi connectivity index (χ2n) is 11.0. The van der Waals surface area contributed by atoms with Crippen LogP contribution in [0.25, 0.3) is 0 Å². The van der Waals surface area contributed by atoms with E-state index in [0.717, 1.165) is 12.0 Å². The molecule has 0 radical (unpaired) electrons. The molecule has 8 nitrogen and oxygen atoms in total. The van der Waals surface area contributed by atoms with Crippen LogP contribution >= 0.6 is 0 Å². The van der Waals surface area contributed by atoms with Gasteiger partial charge in [-0.05, 0) is 91.7 Å². The minimum atomic E-state index is -3.87. The van der Waals surface area contributed by atoms with E-state index in [2.05, 4.69) is 0 Å². The predicted octanol–water partition coefficient (Wildman–Crippen LogP) is 7.96. The Hall–Kier alpha value is -4.80. The van der Waals surface area contributed by atoms with E-state index in [-0.39, 0.29) is 38.0 Å². The lowest BCUT2D eigenvalue weighted by Crippen LogP contribution is -2.16. The fourth-order valence-corrected chi connectivity index (χ4v) is 7.62. The smallest absolute Gasteiger partial charge is 0.210 e. The minimum Gasteiger partial charge on any atom is -0.492 e. The van der Waals surface area contributed by atoms with Crippen molar-refractivity contribution in [1.82, 2.24) is 0 Å². The van der Waals surface area contributed by atoms with E-state index in [0.29, 0.717) is 36.9 Å². The molecule has 0 spiro atoms. The van der Waals surface area contributed by atoms with Gasteiger partial charge in [0.05, 0.1) is 29.1 Å². The van der Waals surface area contributed by atoms with Gasteiger partial charge in [-0.2, -0.15) is 0 Å². The van der Waals surface area contributed by atoms with Crippen molar-refractivity contribution in [2.45, 2.75) is 59.0 Å². The van der Waals surface area contributed by atoms with E-state index in [1.54, 1.807) is 60.7 Å². The number of benzene rings is 5. The summed E-state index contributed by atoms with van der Waals surface area (Å²) in [5, 5.41) is 0. The normalized spacial score (nSPS) is 12.2. The van der Waals surface area contributed by atoms with Crippen LogP contribution in [-0.4, -0.2) is 36.2 Å². The average Bonchev–Trinajstić information content (AvgIpc) is 3.11. The van der Waals surface area contributed by atoms with Crippen molar-refractivity contribution in [3.05, 3.63) is 133 Å². The first-order valence-electron chi connectivity index (χ1n) is 15.7. The molecule has 0 aliphatic rings. The van der Waals surface area contributed by atoms with Crippen molar-refractivity contribution >= 4 is 19.7 Å². The van der Waals surface area contributed by atoms with E-state index in [1.165, 1.54) is 36.4 Å². The summed E-state index contributed by atoms with van der Waals surface area (Å²) in [6.45, 7) is 4.81. The molecule has 48 heavy (non-hydrogen) atoms. The molecule has 0 heterocycles. The van der Waals surface area contributed by atoms with Gasteiger partial charge in [0, 0.05) is 6.42 Å². The van der Waals surface area contributed by atoms with Crippen LogP contribution in [0.15, 0.2) is 147 Å². The van der Waals surface area contributed by atoms with E-state index in [4.69, 9.17) is 18.9 Å². The van der Waals surface area contributed by atoms with Crippen LogP contribution in [0.4, 0.5) is 0 Å². The molecule has 1 atom stereocenters. The topological polar surface area (TPSA) is 105 Å². The van der Waals surface area contributed by atoms with Crippen LogP contribution in [0.5, 0.6) is 23.0 Å². The molecule has 5 rings (SSSR count). The quantitative estimate of drug-likeness (QED) is 0.103. The molecule has 0 amide bonds. The summed E-state index contributed by atoms with van der Waals surface area (Å²) in [6, 6.07) is 35.4. The number of para-hydroxylation sites is 2. The van der Waals surface area contributed by atoms with Crippen molar-refractivity contribution in [3.63, 3.8) is 0 Å². The van der Waals surface area contributed by atoms with Crippen LogP contribution in [0, 0.1) is 0 Å². The van der Waals surface area contributed by atoms with Gasteiger partial charge in [-0.25, -0.2) is 16.8 Å². The standard InChI is InChI=1S/C38H38O8S2/c1-3-26-43-35-13-7-9-15-37(35)48(41,42)34-23-19-32(20-24-34)46-29(2)25-27-44-36-14-8-10-16-38(36)47(39,40)33-21-17-31(18-22-33)45-28-30-11-5-4-6-12-30/h4-24,29H,3,25-28H2,1-2H3. The lowest BCUT2D eigenvalue weighted by atomic mass is 10.2. The highest BCUT2D eigenvalue weighted by molar-refractivity contribution is 7.92. The molecule has 1 unspecified atom stereocenters. The summed E-state index contributed by atoms with van der Waals surface area (Å²) in [6.07, 6.45) is 0.905. The second-order valence-corrected chi connectivity index (χ2v) is 14.9. The monoisotopic (exact) mass is 686 g/mol. The van der Waals surface area contributed by atoms with Gasteiger partial charge in [-0.15, -0.1) is 0 Å². The van der Waals surface area contributed by atoms with Crippen LogP contribution < -0.4 is 18.9 Å². The summed E-state index contributed by atoms with van der Waals surface area (Å²) in [7, 11) is -7.66. The van der Waals surface area contributed by atoms with E-state index in [1.807, 2.05) is 44.2 Å². The molecule has 10 heteroatoms. The van der Waals surface area contributed by atoms with Gasteiger partial charge in [-0.3, -0.25) is 0 Å². The summed E-state index contributed by atoms with van der Waals surface area (Å²) in [5.74, 6) is 1.63. The molecule has 0 N–H and O–H groups in total. The summed E-state index contributed by atoms with van der Waals surface area (Å²) in [5.41, 5.74) is 1.01. The van der Waals surface area contributed by atoms with Crippen molar-refractivity contribution in [3.8, 4) is 23.0 Å². The molecule has 250 valence electrons. The molecule has 0 saturated carbocycles. The van der Waals surface area contributed by atoms with Gasteiger partial charge in [-0.1, -0.05) is 61.5 Å². The van der Waals surface area contributed by atoms with E-state index < -0.39 is 19.7 Å². The zero-order valence-electron chi connectivity index (χ0n) is 26.8. The van der Waals surface area contributed by atoms with Crippen molar-refractivity contribution in [2.24, 2.45) is 0 Å². The first kappa shape index (κ1) is 34.5. The Morgan fingerprint density at radius 2 is 1.02 bits per heavy atom. The van der Waals surface area contributed by atoms with E-state index >= 15 is 0 Å². The highest BCUT2D eigenvalue weighted by Crippen LogP contribution is 2.32. The Balaban J connectivity index is 1.17. The van der Waals surface area contributed by atoms with Crippen molar-refractivity contribution < 1.29 is 35.8 Å². The number of sulfone groups is 2. The first-order chi connectivity index (χ1) is 23.2. The van der Waals surface area contributed by atoms with Gasteiger partial charge in [0.1, 0.15) is 39.4 Å². The highest BCUT2D eigenvalue weighted by Gasteiger charge is 2.24. The molecule has 0 aliphatic heterocycles. The molecule has 0 aromatic heterocycles. The third-order valence-electron chi connectivity index (χ3n) is 7.37. The van der Waals surface area contributed by atoms with Crippen LogP contribution in [-0.2, 0) is 26.3 Å². The lowest BCUT2D eigenvalue weighted by Gasteiger charge is -2.17. The molecule has 0 aliphatic carbocycles.